The molecule has 2 rings (SSSR count). The molecular formula is C13H10Cl2N2O2S. The zero-order chi connectivity index (χ0) is 14.5. The number of aromatic amines is 1. The van der Waals surface area contributed by atoms with Crippen molar-refractivity contribution in [1.29, 1.82) is 0 Å². The van der Waals surface area contributed by atoms with Crippen molar-refractivity contribution in [2.24, 2.45) is 0 Å². The maximum Gasteiger partial charge on any atom is 0.268 e. The van der Waals surface area contributed by atoms with Crippen LogP contribution in [0, 0.1) is 11.8 Å². The highest BCUT2D eigenvalue weighted by Gasteiger charge is 2.11. The van der Waals surface area contributed by atoms with E-state index in [1.807, 2.05) is 12.1 Å². The number of carbonyl (C=O) groups excluding carboxylic acids is 1. The van der Waals surface area contributed by atoms with Gasteiger partial charge in [-0.2, -0.15) is 0 Å². The van der Waals surface area contributed by atoms with Crippen LogP contribution in [0.15, 0.2) is 18.2 Å². The van der Waals surface area contributed by atoms with Gasteiger partial charge in [0.2, 0.25) is 0 Å². The molecule has 0 aromatic carbocycles. The van der Waals surface area contributed by atoms with Crippen molar-refractivity contribution < 1.29 is 9.90 Å². The maximum absolute atomic E-state index is 11.8. The minimum absolute atomic E-state index is 0.168. The van der Waals surface area contributed by atoms with Gasteiger partial charge in [0.1, 0.15) is 17.5 Å². The monoisotopic (exact) mass is 328 g/mol. The molecule has 0 atom stereocenters. The molecule has 0 radical (unpaired) electrons. The third-order valence-corrected chi connectivity index (χ3v) is 4.04. The largest absolute Gasteiger partial charge is 0.384 e. The Bertz CT molecular complexity index is 663. The van der Waals surface area contributed by atoms with Crippen molar-refractivity contribution in [2.45, 2.75) is 6.54 Å². The molecule has 3 N–H and O–H groups in total. The van der Waals surface area contributed by atoms with E-state index in [-0.39, 0.29) is 17.7 Å². The molecule has 0 fully saturated rings. The molecule has 104 valence electrons. The third-order valence-electron chi connectivity index (χ3n) is 2.35. The number of carbonyl (C=O) groups is 1. The van der Waals surface area contributed by atoms with Gasteiger partial charge in [0.25, 0.3) is 5.91 Å². The Balaban J connectivity index is 1.95. The van der Waals surface area contributed by atoms with Crippen molar-refractivity contribution in [2.75, 3.05) is 6.61 Å². The van der Waals surface area contributed by atoms with Crippen LogP contribution in [0.4, 0.5) is 0 Å². The summed E-state index contributed by atoms with van der Waals surface area (Å²) in [6.07, 6.45) is 0. The fourth-order valence-electron chi connectivity index (χ4n) is 1.46. The van der Waals surface area contributed by atoms with Gasteiger partial charge in [-0.3, -0.25) is 4.79 Å². The van der Waals surface area contributed by atoms with Crippen molar-refractivity contribution in [3.05, 3.63) is 43.8 Å². The Morgan fingerprint density at radius 2 is 2.25 bits per heavy atom. The molecule has 0 spiro atoms. The van der Waals surface area contributed by atoms with Crippen LogP contribution in [-0.2, 0) is 6.54 Å². The van der Waals surface area contributed by atoms with E-state index in [9.17, 15) is 4.79 Å². The first-order chi connectivity index (χ1) is 9.60. The fraction of sp³-hybridized carbons (Fsp3) is 0.154. The summed E-state index contributed by atoms with van der Waals surface area (Å²) in [5.41, 5.74) is 0.317. The lowest BCUT2D eigenvalue weighted by Crippen LogP contribution is -2.22. The summed E-state index contributed by atoms with van der Waals surface area (Å²) in [6.45, 7) is 0.219. The van der Waals surface area contributed by atoms with Crippen LogP contribution in [0.1, 0.15) is 20.2 Å². The standard InChI is InChI=1S/C13H10Cl2N2O2S/c14-10-6-11(17-12(10)15)13(19)16-7-9-4-3-8(20-9)2-1-5-18/h3-4,6,17-18H,5,7H2,(H,16,19). The number of aliphatic hydroxyl groups is 1. The molecule has 2 aromatic heterocycles. The molecule has 2 heterocycles. The molecule has 0 aliphatic carbocycles. The lowest BCUT2D eigenvalue weighted by atomic mass is 10.4. The second-order valence-electron chi connectivity index (χ2n) is 3.75. The number of hydrogen-bond acceptors (Lipinski definition) is 3. The molecule has 0 aliphatic heterocycles. The van der Waals surface area contributed by atoms with Crippen LogP contribution >= 0.6 is 34.5 Å². The van der Waals surface area contributed by atoms with Gasteiger partial charge in [-0.05, 0) is 18.2 Å². The first kappa shape index (κ1) is 14.9. The zero-order valence-corrected chi connectivity index (χ0v) is 12.5. The highest BCUT2D eigenvalue weighted by molar-refractivity contribution is 7.12. The number of rotatable bonds is 3. The van der Waals surface area contributed by atoms with E-state index in [2.05, 4.69) is 22.1 Å². The van der Waals surface area contributed by atoms with E-state index < -0.39 is 0 Å². The van der Waals surface area contributed by atoms with Crippen LogP contribution < -0.4 is 5.32 Å². The van der Waals surface area contributed by atoms with Gasteiger partial charge in [-0.1, -0.05) is 35.0 Å². The summed E-state index contributed by atoms with van der Waals surface area (Å²) in [5.74, 6) is 5.10. The molecule has 2 aromatic rings. The van der Waals surface area contributed by atoms with Crippen molar-refractivity contribution in [3.8, 4) is 11.8 Å². The Morgan fingerprint density at radius 3 is 2.90 bits per heavy atom. The number of H-pyrrole nitrogens is 1. The van der Waals surface area contributed by atoms with Crippen LogP contribution in [0.25, 0.3) is 0 Å². The zero-order valence-electron chi connectivity index (χ0n) is 10.2. The van der Waals surface area contributed by atoms with Gasteiger partial charge in [0.05, 0.1) is 16.4 Å². The average molecular weight is 329 g/mol. The van der Waals surface area contributed by atoms with Gasteiger partial charge >= 0.3 is 0 Å². The summed E-state index contributed by atoms with van der Waals surface area (Å²) >= 11 is 13.0. The maximum atomic E-state index is 11.8. The predicted molar refractivity (Wildman–Crippen MR) is 80.3 cm³/mol. The molecule has 1 amide bonds. The molecule has 0 bridgehead atoms. The number of nitrogens with one attached hydrogen (secondary N) is 2. The van der Waals surface area contributed by atoms with Gasteiger partial charge in [0, 0.05) is 4.88 Å². The molecular weight excluding hydrogens is 319 g/mol. The van der Waals surface area contributed by atoms with E-state index in [0.717, 1.165) is 9.75 Å². The average Bonchev–Trinajstić information content (AvgIpc) is 3.01. The van der Waals surface area contributed by atoms with E-state index in [4.69, 9.17) is 28.3 Å². The second kappa shape index (κ2) is 6.82. The van der Waals surface area contributed by atoms with Gasteiger partial charge < -0.3 is 15.4 Å². The summed E-state index contributed by atoms with van der Waals surface area (Å²) in [6, 6.07) is 5.20. The summed E-state index contributed by atoms with van der Waals surface area (Å²) < 4.78 is 0. The minimum Gasteiger partial charge on any atom is -0.384 e. The molecule has 0 aliphatic rings. The van der Waals surface area contributed by atoms with Crippen LogP contribution in [0.3, 0.4) is 0 Å². The smallest absolute Gasteiger partial charge is 0.268 e. The fourth-order valence-corrected chi connectivity index (χ4v) is 2.59. The number of halogens is 2. The van der Waals surface area contributed by atoms with E-state index in [1.54, 1.807) is 0 Å². The van der Waals surface area contributed by atoms with Crippen molar-refractivity contribution >= 4 is 40.4 Å². The molecule has 7 heteroatoms. The summed E-state index contributed by atoms with van der Waals surface area (Å²) in [5, 5.41) is 11.9. The number of amides is 1. The number of aromatic nitrogens is 1. The highest BCUT2D eigenvalue weighted by Crippen LogP contribution is 2.22. The normalized spacial score (nSPS) is 9.95. The lowest BCUT2D eigenvalue weighted by molar-refractivity contribution is 0.0947. The van der Waals surface area contributed by atoms with Crippen LogP contribution in [-0.4, -0.2) is 22.6 Å². The Morgan fingerprint density at radius 1 is 1.45 bits per heavy atom. The topological polar surface area (TPSA) is 65.1 Å². The van der Waals surface area contributed by atoms with Gasteiger partial charge in [-0.15, -0.1) is 11.3 Å². The Hall–Kier alpha value is -1.45. The molecule has 0 saturated heterocycles. The second-order valence-corrected chi connectivity index (χ2v) is 5.71. The summed E-state index contributed by atoms with van der Waals surface area (Å²) in [4.78, 5) is 16.3. The molecule has 20 heavy (non-hydrogen) atoms. The van der Waals surface area contributed by atoms with E-state index in [1.165, 1.54) is 17.4 Å². The molecule has 0 saturated carbocycles. The number of aliphatic hydroxyl groups excluding tert-OH is 1. The number of hydrogen-bond donors (Lipinski definition) is 3. The third kappa shape index (κ3) is 3.78. The van der Waals surface area contributed by atoms with E-state index in [0.29, 0.717) is 17.3 Å². The van der Waals surface area contributed by atoms with Crippen molar-refractivity contribution in [1.82, 2.24) is 10.3 Å². The molecule has 4 nitrogen and oxygen atoms in total. The minimum atomic E-state index is -0.282. The lowest BCUT2D eigenvalue weighted by Gasteiger charge is -2.00. The first-order valence-corrected chi connectivity index (χ1v) is 7.18. The SMILES string of the molecule is O=C(NCc1ccc(C#CCO)s1)c1cc(Cl)c(Cl)[nH]1. The van der Waals surface area contributed by atoms with Gasteiger partial charge in [-0.25, -0.2) is 0 Å². The van der Waals surface area contributed by atoms with E-state index >= 15 is 0 Å². The first-order valence-electron chi connectivity index (χ1n) is 5.61. The number of thiophene rings is 1. The molecule has 0 unspecified atom stereocenters. The highest BCUT2D eigenvalue weighted by atomic mass is 35.5. The Labute approximate surface area is 129 Å². The predicted octanol–water partition coefficient (Wildman–Crippen LogP) is 2.66. The van der Waals surface area contributed by atoms with Gasteiger partial charge in [0.15, 0.2) is 0 Å². The summed E-state index contributed by atoms with van der Waals surface area (Å²) in [7, 11) is 0. The van der Waals surface area contributed by atoms with Crippen LogP contribution in [0.2, 0.25) is 10.2 Å². The van der Waals surface area contributed by atoms with Crippen LogP contribution in [0.5, 0.6) is 0 Å². The Kier molecular flexibility index (Phi) is 5.10. The quantitative estimate of drug-likeness (QED) is 0.758. The van der Waals surface area contributed by atoms with Crippen molar-refractivity contribution in [3.63, 3.8) is 0 Å².